The van der Waals surface area contributed by atoms with Crippen LogP contribution in [0.4, 0.5) is 10.1 Å². The molecule has 3 heterocycles. The fourth-order valence-corrected chi connectivity index (χ4v) is 4.30. The number of rotatable bonds is 5. The second-order valence-corrected chi connectivity index (χ2v) is 7.89. The van der Waals surface area contributed by atoms with E-state index in [0.29, 0.717) is 11.4 Å². The summed E-state index contributed by atoms with van der Waals surface area (Å²) in [6.45, 7) is 4.33. The molecule has 5 rings (SSSR count). The molecule has 0 N–H and O–H groups in total. The number of piperazine rings is 1. The van der Waals surface area contributed by atoms with Crippen molar-refractivity contribution in [2.45, 2.75) is 13.0 Å². The van der Waals surface area contributed by atoms with Gasteiger partial charge < -0.3 is 10.1 Å². The lowest BCUT2D eigenvalue weighted by Crippen LogP contribution is -2.47. The van der Waals surface area contributed by atoms with Crippen LogP contribution in [0.25, 0.3) is 0 Å². The van der Waals surface area contributed by atoms with Crippen LogP contribution >= 0.6 is 0 Å². The summed E-state index contributed by atoms with van der Waals surface area (Å²) in [6, 6.07) is 9.59. The van der Waals surface area contributed by atoms with Crippen molar-refractivity contribution in [3.8, 4) is 0 Å². The van der Waals surface area contributed by atoms with Crippen molar-refractivity contribution in [1.29, 1.82) is 0 Å². The first-order valence-corrected chi connectivity index (χ1v) is 10.5. The summed E-state index contributed by atoms with van der Waals surface area (Å²) in [4.78, 5) is 34.4. The van der Waals surface area contributed by atoms with Crippen LogP contribution in [0.5, 0.6) is 0 Å². The number of hydrogen-bond donors (Lipinski definition) is 0. The average Bonchev–Trinajstić information content (AvgIpc) is 3.15. The van der Waals surface area contributed by atoms with Crippen molar-refractivity contribution >= 4 is 17.3 Å². The molecule has 32 heavy (non-hydrogen) atoms. The van der Waals surface area contributed by atoms with Crippen LogP contribution in [-0.4, -0.2) is 64.0 Å². The van der Waals surface area contributed by atoms with E-state index in [1.165, 1.54) is 29.1 Å². The molecule has 164 valence electrons. The van der Waals surface area contributed by atoms with Crippen molar-refractivity contribution in [1.82, 2.24) is 19.7 Å². The topological polar surface area (TPSA) is 98.3 Å². The van der Waals surface area contributed by atoms with Crippen LogP contribution in [-0.2, 0) is 6.54 Å². The first kappa shape index (κ1) is 20.3. The number of carbonyl (C=O) groups is 2. The molecular weight excluding hydrogens is 415 g/mol. The molecule has 1 aliphatic carbocycles. The Balaban J connectivity index is 1.22. The molecule has 10 heteroatoms. The van der Waals surface area contributed by atoms with Gasteiger partial charge in [0.25, 0.3) is 0 Å². The minimum Gasteiger partial charge on any atom is -0.571 e. The van der Waals surface area contributed by atoms with Crippen LogP contribution in [0.15, 0.2) is 42.6 Å². The van der Waals surface area contributed by atoms with E-state index >= 15 is 0 Å². The minimum absolute atomic E-state index is 0.0114. The Kier molecular flexibility index (Phi) is 5.14. The first-order valence-electron chi connectivity index (χ1n) is 10.5. The molecule has 0 saturated carbocycles. The molecule has 0 radical (unpaired) electrons. The highest BCUT2D eigenvalue weighted by Crippen LogP contribution is 2.24. The number of benzene rings is 1. The van der Waals surface area contributed by atoms with Gasteiger partial charge in [0.15, 0.2) is 5.69 Å². The summed E-state index contributed by atoms with van der Waals surface area (Å²) >= 11 is 0. The number of carbonyl (C=O) groups excluding carboxylic acids is 2. The van der Waals surface area contributed by atoms with Crippen molar-refractivity contribution in [2.75, 3.05) is 37.6 Å². The number of pyridine rings is 1. The Morgan fingerprint density at radius 2 is 1.72 bits per heavy atom. The third-order valence-electron chi connectivity index (χ3n) is 5.98. The van der Waals surface area contributed by atoms with Gasteiger partial charge in [0, 0.05) is 54.7 Å². The van der Waals surface area contributed by atoms with Crippen LogP contribution < -0.4 is 9.86 Å². The lowest BCUT2D eigenvalue weighted by atomic mass is 9.94. The number of fused-ring (bicyclic) bond motifs is 2. The summed E-state index contributed by atoms with van der Waals surface area (Å²) in [5.41, 5.74) is 1.13. The van der Waals surface area contributed by atoms with E-state index in [1.807, 2.05) is 0 Å². The Morgan fingerprint density at radius 1 is 0.969 bits per heavy atom. The summed E-state index contributed by atoms with van der Waals surface area (Å²) in [7, 11) is 0. The Bertz CT molecular complexity index is 1180. The molecule has 3 aromatic rings. The van der Waals surface area contributed by atoms with Gasteiger partial charge in [0.2, 0.25) is 17.3 Å². The van der Waals surface area contributed by atoms with Crippen LogP contribution in [0.2, 0.25) is 0 Å². The molecular formula is C22H21FN6O3. The molecule has 1 aromatic carbocycles. The molecule has 1 aliphatic heterocycles. The zero-order valence-corrected chi connectivity index (χ0v) is 17.3. The molecule has 0 unspecified atom stereocenters. The van der Waals surface area contributed by atoms with E-state index in [2.05, 4.69) is 19.9 Å². The van der Waals surface area contributed by atoms with Gasteiger partial charge in [0.1, 0.15) is 11.5 Å². The predicted molar refractivity (Wildman–Crippen MR) is 112 cm³/mol. The quantitative estimate of drug-likeness (QED) is 0.341. The lowest BCUT2D eigenvalue weighted by Gasteiger charge is -2.36. The normalized spacial score (nSPS) is 16.2. The monoisotopic (exact) mass is 436 g/mol. The van der Waals surface area contributed by atoms with Gasteiger partial charge >= 0.3 is 0 Å². The van der Waals surface area contributed by atoms with Crippen molar-refractivity contribution in [3.05, 3.63) is 76.3 Å². The second-order valence-electron chi connectivity index (χ2n) is 7.89. The Labute approximate surface area is 183 Å². The van der Waals surface area contributed by atoms with Gasteiger partial charge in [-0.1, -0.05) is 0 Å². The fourth-order valence-electron chi connectivity index (χ4n) is 4.30. The Hall–Kier alpha value is -3.66. The van der Waals surface area contributed by atoms with Gasteiger partial charge in [-0.25, -0.2) is 4.39 Å². The third kappa shape index (κ3) is 3.52. The maximum absolute atomic E-state index is 13.1. The summed E-state index contributed by atoms with van der Waals surface area (Å²) in [6.07, 6.45) is 2.07. The van der Waals surface area contributed by atoms with E-state index in [-0.39, 0.29) is 35.0 Å². The highest BCUT2D eigenvalue weighted by molar-refractivity contribution is 6.26. The number of hydrogen-bond acceptors (Lipinski definition) is 7. The molecule has 0 amide bonds. The zero-order valence-electron chi connectivity index (χ0n) is 17.3. The van der Waals surface area contributed by atoms with Crippen molar-refractivity contribution < 1.29 is 18.9 Å². The highest BCUT2D eigenvalue weighted by atomic mass is 19.1. The fraction of sp³-hybridized carbons (Fsp3) is 0.318. The standard InChI is InChI=1S/C22H21FN6O3/c23-15-4-6-16(7-5-15)27-13-11-26(12-14-27)9-2-10-28-20-19(25-29(28)32)21(30)17-3-1-8-24-18(17)22(20)31/h1,3-8H,2,9-14H2. The van der Waals surface area contributed by atoms with Crippen molar-refractivity contribution in [2.24, 2.45) is 0 Å². The van der Waals surface area contributed by atoms with Gasteiger partial charge in [-0.05, 0) is 42.8 Å². The molecule has 1 saturated heterocycles. The molecule has 1 fully saturated rings. The van der Waals surface area contributed by atoms with E-state index in [0.717, 1.165) is 38.4 Å². The van der Waals surface area contributed by atoms with E-state index in [9.17, 15) is 19.2 Å². The first-order chi connectivity index (χ1) is 15.5. The third-order valence-corrected chi connectivity index (χ3v) is 5.98. The summed E-state index contributed by atoms with van der Waals surface area (Å²) < 4.78 is 14.3. The maximum atomic E-state index is 13.1. The summed E-state index contributed by atoms with van der Waals surface area (Å²) in [5.74, 6) is -1.16. The molecule has 0 atom stereocenters. The zero-order chi connectivity index (χ0) is 22.2. The minimum atomic E-state index is -0.456. The lowest BCUT2D eigenvalue weighted by molar-refractivity contribution is -0.749. The molecule has 9 nitrogen and oxygen atoms in total. The maximum Gasteiger partial charge on any atom is 0.236 e. The summed E-state index contributed by atoms with van der Waals surface area (Å²) in [5, 5.41) is 16.1. The second kappa shape index (κ2) is 8.12. The smallest absolute Gasteiger partial charge is 0.236 e. The Morgan fingerprint density at radius 3 is 2.47 bits per heavy atom. The molecule has 0 bridgehead atoms. The average molecular weight is 436 g/mol. The molecule has 2 aromatic heterocycles. The number of aromatic nitrogens is 4. The van der Waals surface area contributed by atoms with Crippen molar-refractivity contribution in [3.63, 3.8) is 0 Å². The van der Waals surface area contributed by atoms with E-state index < -0.39 is 11.6 Å². The molecule has 0 spiro atoms. The van der Waals surface area contributed by atoms with E-state index in [4.69, 9.17) is 0 Å². The van der Waals surface area contributed by atoms with Gasteiger partial charge in [0.05, 0.1) is 12.1 Å². The number of halogens is 1. The van der Waals surface area contributed by atoms with Crippen LogP contribution in [0.1, 0.15) is 38.7 Å². The van der Waals surface area contributed by atoms with E-state index in [1.54, 1.807) is 18.2 Å². The van der Waals surface area contributed by atoms with Gasteiger partial charge in [-0.2, -0.15) is 0 Å². The number of nitrogens with zero attached hydrogens (tertiary/aromatic N) is 6. The van der Waals surface area contributed by atoms with Crippen LogP contribution in [0, 0.1) is 11.0 Å². The predicted octanol–water partition coefficient (Wildman–Crippen LogP) is 1.04. The SMILES string of the molecule is O=C1c2cccnc2C(=O)c2c1n[n+]([O-])n2CCCN1CCN(c2ccc(F)cc2)CC1. The number of ketones is 2. The highest BCUT2D eigenvalue weighted by Gasteiger charge is 2.40. The van der Waals surface area contributed by atoms with Gasteiger partial charge in [-0.15, -0.1) is 4.68 Å². The number of anilines is 1. The molecule has 2 aliphatic rings. The van der Waals surface area contributed by atoms with Crippen LogP contribution in [0.3, 0.4) is 0 Å². The largest absolute Gasteiger partial charge is 0.571 e. The van der Waals surface area contributed by atoms with Gasteiger partial charge in [-0.3, -0.25) is 19.5 Å².